The zero-order chi connectivity index (χ0) is 10.1. The van der Waals surface area contributed by atoms with Crippen molar-refractivity contribution in [2.24, 2.45) is 11.1 Å². The minimum absolute atomic E-state index is 0.317. The highest BCUT2D eigenvalue weighted by atomic mass is 16.3. The van der Waals surface area contributed by atoms with Crippen molar-refractivity contribution < 1.29 is 5.11 Å². The highest BCUT2D eigenvalue weighted by Gasteiger charge is 2.36. The lowest BCUT2D eigenvalue weighted by Gasteiger charge is -2.24. The smallest absolute Gasteiger partial charge is 0.0907 e. The molecule has 0 spiro atoms. The Kier molecular flexibility index (Phi) is 3.00. The van der Waals surface area contributed by atoms with Crippen LogP contribution in [-0.2, 0) is 0 Å². The number of hydrogen-bond donors (Lipinski definition) is 3. The largest absolute Gasteiger partial charge is 0.387 e. The molecule has 2 atom stereocenters. The van der Waals surface area contributed by atoms with E-state index in [-0.39, 0.29) is 0 Å². The Labute approximate surface area is 80.7 Å². The molecule has 0 aliphatic carbocycles. The molecule has 4 N–H and O–H groups in total. The van der Waals surface area contributed by atoms with Crippen molar-refractivity contribution in [3.8, 4) is 0 Å². The molecule has 1 fully saturated rings. The van der Waals surface area contributed by atoms with Gasteiger partial charge in [-0.3, -0.25) is 0 Å². The number of rotatable bonds is 2. The fourth-order valence-corrected chi connectivity index (χ4v) is 1.98. The van der Waals surface area contributed by atoms with Crippen LogP contribution in [-0.4, -0.2) is 29.8 Å². The average Bonchev–Trinajstić information content (AvgIpc) is 2.30. The van der Waals surface area contributed by atoms with Crippen LogP contribution in [0, 0.1) is 5.41 Å². The summed E-state index contributed by atoms with van der Waals surface area (Å²) in [6.45, 7) is 7.66. The Balaban J connectivity index is 2.42. The van der Waals surface area contributed by atoms with Crippen molar-refractivity contribution in [1.82, 2.24) is 5.32 Å². The molecule has 0 aromatic carbocycles. The maximum absolute atomic E-state index is 9.88. The van der Waals surface area contributed by atoms with E-state index in [1.54, 1.807) is 0 Å². The minimum Gasteiger partial charge on any atom is -0.387 e. The molecule has 78 valence electrons. The van der Waals surface area contributed by atoms with Gasteiger partial charge in [0, 0.05) is 19.1 Å². The molecule has 0 aromatic heterocycles. The molecule has 0 aromatic rings. The van der Waals surface area contributed by atoms with Gasteiger partial charge in [-0.15, -0.1) is 0 Å². The SMILES string of the molecule is CC(C)(C)C[C@@H]1CC(O)(CN)CN1. The van der Waals surface area contributed by atoms with E-state index >= 15 is 0 Å². The van der Waals surface area contributed by atoms with Crippen LogP contribution in [0.25, 0.3) is 0 Å². The third-order valence-corrected chi connectivity index (χ3v) is 2.58. The molecule has 0 amide bonds. The molecule has 0 bridgehead atoms. The van der Waals surface area contributed by atoms with E-state index in [0.29, 0.717) is 24.5 Å². The van der Waals surface area contributed by atoms with Crippen molar-refractivity contribution in [3.63, 3.8) is 0 Å². The first-order valence-electron chi connectivity index (χ1n) is 5.00. The van der Waals surface area contributed by atoms with Gasteiger partial charge in [0.25, 0.3) is 0 Å². The van der Waals surface area contributed by atoms with E-state index in [1.807, 2.05) is 0 Å². The highest BCUT2D eigenvalue weighted by molar-refractivity contribution is 4.95. The highest BCUT2D eigenvalue weighted by Crippen LogP contribution is 2.28. The van der Waals surface area contributed by atoms with Crippen molar-refractivity contribution >= 4 is 0 Å². The zero-order valence-corrected chi connectivity index (χ0v) is 8.93. The quantitative estimate of drug-likeness (QED) is 0.588. The second kappa shape index (κ2) is 3.56. The molecule has 13 heavy (non-hydrogen) atoms. The van der Waals surface area contributed by atoms with Crippen LogP contribution < -0.4 is 11.1 Å². The van der Waals surface area contributed by atoms with Gasteiger partial charge in [0.1, 0.15) is 0 Å². The molecule has 1 aliphatic heterocycles. The van der Waals surface area contributed by atoms with Gasteiger partial charge in [-0.2, -0.15) is 0 Å². The number of β-amino-alcohol motifs (C(OH)–C–C–N with tert-alkyl or cyclic N) is 1. The molecule has 0 saturated carbocycles. The van der Waals surface area contributed by atoms with E-state index in [0.717, 1.165) is 12.8 Å². The van der Waals surface area contributed by atoms with Gasteiger partial charge in [0.05, 0.1) is 5.60 Å². The maximum atomic E-state index is 9.88. The van der Waals surface area contributed by atoms with Crippen LogP contribution in [0.15, 0.2) is 0 Å². The molecule has 1 heterocycles. The summed E-state index contributed by atoms with van der Waals surface area (Å²) in [7, 11) is 0. The van der Waals surface area contributed by atoms with Gasteiger partial charge < -0.3 is 16.2 Å². The van der Waals surface area contributed by atoms with E-state index in [4.69, 9.17) is 5.73 Å². The van der Waals surface area contributed by atoms with Crippen LogP contribution >= 0.6 is 0 Å². The van der Waals surface area contributed by atoms with E-state index in [1.165, 1.54) is 0 Å². The fraction of sp³-hybridized carbons (Fsp3) is 1.00. The van der Waals surface area contributed by atoms with Gasteiger partial charge >= 0.3 is 0 Å². The van der Waals surface area contributed by atoms with Gasteiger partial charge in [-0.25, -0.2) is 0 Å². The van der Waals surface area contributed by atoms with Crippen molar-refractivity contribution in [2.45, 2.75) is 45.3 Å². The Hall–Kier alpha value is -0.120. The Morgan fingerprint density at radius 2 is 2.15 bits per heavy atom. The van der Waals surface area contributed by atoms with Gasteiger partial charge in [-0.1, -0.05) is 20.8 Å². The average molecular weight is 186 g/mol. The fourth-order valence-electron chi connectivity index (χ4n) is 1.98. The second-order valence-corrected chi connectivity index (χ2v) is 5.48. The first kappa shape index (κ1) is 11.0. The summed E-state index contributed by atoms with van der Waals surface area (Å²) >= 11 is 0. The molecule has 3 heteroatoms. The number of nitrogens with one attached hydrogen (secondary N) is 1. The van der Waals surface area contributed by atoms with Crippen LogP contribution in [0.1, 0.15) is 33.6 Å². The molecule has 0 radical (unpaired) electrons. The van der Waals surface area contributed by atoms with Crippen LogP contribution in [0.4, 0.5) is 0 Å². The van der Waals surface area contributed by atoms with E-state index in [9.17, 15) is 5.11 Å². The summed E-state index contributed by atoms with van der Waals surface area (Å²) in [5, 5.41) is 13.2. The number of nitrogens with two attached hydrogens (primary N) is 1. The van der Waals surface area contributed by atoms with Crippen molar-refractivity contribution in [2.75, 3.05) is 13.1 Å². The predicted molar refractivity (Wildman–Crippen MR) is 54.5 cm³/mol. The Bertz CT molecular complexity index is 176. The third-order valence-electron chi connectivity index (χ3n) is 2.58. The Morgan fingerprint density at radius 1 is 1.54 bits per heavy atom. The first-order chi connectivity index (χ1) is 5.85. The first-order valence-corrected chi connectivity index (χ1v) is 5.00. The lowest BCUT2D eigenvalue weighted by Crippen LogP contribution is -2.39. The summed E-state index contributed by atoms with van der Waals surface area (Å²) in [5.74, 6) is 0. The summed E-state index contributed by atoms with van der Waals surface area (Å²) in [5.41, 5.74) is 5.16. The summed E-state index contributed by atoms with van der Waals surface area (Å²) in [6, 6.07) is 0.425. The van der Waals surface area contributed by atoms with Crippen LogP contribution in [0.2, 0.25) is 0 Å². The van der Waals surface area contributed by atoms with Crippen molar-refractivity contribution in [1.29, 1.82) is 0 Å². The summed E-state index contributed by atoms with van der Waals surface area (Å²) < 4.78 is 0. The molecule has 3 nitrogen and oxygen atoms in total. The van der Waals surface area contributed by atoms with Gasteiger partial charge in [-0.05, 0) is 18.3 Å². The van der Waals surface area contributed by atoms with Crippen LogP contribution in [0.5, 0.6) is 0 Å². The topological polar surface area (TPSA) is 58.3 Å². The molecular weight excluding hydrogens is 164 g/mol. The predicted octanol–water partition coefficient (Wildman–Crippen LogP) is 0.474. The van der Waals surface area contributed by atoms with Gasteiger partial charge in [0.15, 0.2) is 0 Å². The second-order valence-electron chi connectivity index (χ2n) is 5.48. The molecule has 1 unspecified atom stereocenters. The normalized spacial score (nSPS) is 35.3. The minimum atomic E-state index is -0.657. The number of hydrogen-bond acceptors (Lipinski definition) is 3. The van der Waals surface area contributed by atoms with E-state index in [2.05, 4.69) is 26.1 Å². The summed E-state index contributed by atoms with van der Waals surface area (Å²) in [4.78, 5) is 0. The van der Waals surface area contributed by atoms with E-state index < -0.39 is 5.60 Å². The molecule has 1 saturated heterocycles. The maximum Gasteiger partial charge on any atom is 0.0907 e. The standard InChI is InChI=1S/C10H22N2O/c1-9(2,3)4-8-5-10(13,6-11)7-12-8/h8,12-13H,4-7,11H2,1-3H3/t8-,10?/m1/s1. The lowest BCUT2D eigenvalue weighted by molar-refractivity contribution is 0.0666. The molecule has 1 rings (SSSR count). The third kappa shape index (κ3) is 3.25. The lowest BCUT2D eigenvalue weighted by atomic mass is 9.86. The molecular formula is C10H22N2O. The zero-order valence-electron chi connectivity index (χ0n) is 8.93. The van der Waals surface area contributed by atoms with Crippen LogP contribution in [0.3, 0.4) is 0 Å². The molecule has 1 aliphatic rings. The number of aliphatic hydroxyl groups is 1. The monoisotopic (exact) mass is 186 g/mol. The summed E-state index contributed by atoms with van der Waals surface area (Å²) in [6.07, 6.45) is 1.88. The van der Waals surface area contributed by atoms with Gasteiger partial charge in [0.2, 0.25) is 0 Å². The van der Waals surface area contributed by atoms with Crippen molar-refractivity contribution in [3.05, 3.63) is 0 Å². The Morgan fingerprint density at radius 3 is 2.54 bits per heavy atom.